The molecule has 0 aliphatic carbocycles. The van der Waals surface area contributed by atoms with Crippen LogP contribution in [0.15, 0.2) is 18.2 Å². The number of nitrogens with two attached hydrogens (primary N) is 2. The first-order valence-electron chi connectivity index (χ1n) is 6.59. The summed E-state index contributed by atoms with van der Waals surface area (Å²) in [5.74, 6) is 0.246. The third-order valence-corrected chi connectivity index (χ3v) is 4.02. The molecule has 0 atom stereocenters. The van der Waals surface area contributed by atoms with Gasteiger partial charge in [0.25, 0.3) is 0 Å². The fraction of sp³-hybridized carbons (Fsp3) is 0.500. The zero-order valence-corrected chi connectivity index (χ0v) is 11.7. The summed E-state index contributed by atoms with van der Waals surface area (Å²) in [6.45, 7) is 2.81. The molecular formula is C14H20ClN3O. The van der Waals surface area contributed by atoms with Gasteiger partial charge in [-0.05, 0) is 49.5 Å². The maximum Gasteiger partial charge on any atom is 0.217 e. The predicted molar refractivity (Wildman–Crippen MR) is 77.7 cm³/mol. The van der Waals surface area contributed by atoms with Gasteiger partial charge in [0.2, 0.25) is 5.91 Å². The number of halogens is 1. The lowest BCUT2D eigenvalue weighted by Gasteiger charge is -2.31. The van der Waals surface area contributed by atoms with Crippen molar-refractivity contribution in [2.75, 3.05) is 18.8 Å². The molecule has 0 aromatic heterocycles. The molecule has 1 fully saturated rings. The topological polar surface area (TPSA) is 72.4 Å². The first-order valence-corrected chi connectivity index (χ1v) is 6.97. The molecule has 104 valence electrons. The van der Waals surface area contributed by atoms with Crippen molar-refractivity contribution in [3.05, 3.63) is 28.8 Å². The molecule has 1 aliphatic heterocycles. The van der Waals surface area contributed by atoms with Gasteiger partial charge < -0.3 is 11.5 Å². The molecule has 19 heavy (non-hydrogen) atoms. The van der Waals surface area contributed by atoms with Gasteiger partial charge in [-0.2, -0.15) is 0 Å². The van der Waals surface area contributed by atoms with Crippen LogP contribution in [0.2, 0.25) is 5.02 Å². The van der Waals surface area contributed by atoms with Gasteiger partial charge in [0.05, 0.1) is 0 Å². The van der Waals surface area contributed by atoms with Crippen molar-refractivity contribution < 1.29 is 4.79 Å². The summed E-state index contributed by atoms with van der Waals surface area (Å²) in [5.41, 5.74) is 12.7. The van der Waals surface area contributed by atoms with E-state index < -0.39 is 0 Å². The van der Waals surface area contributed by atoms with Crippen molar-refractivity contribution in [3.63, 3.8) is 0 Å². The van der Waals surface area contributed by atoms with E-state index in [2.05, 4.69) is 4.90 Å². The van der Waals surface area contributed by atoms with Gasteiger partial charge in [0.15, 0.2) is 0 Å². The SMILES string of the molecule is NC(=O)CC1CCN(Cc2ccc(N)cc2Cl)CC1. The molecule has 5 heteroatoms. The molecule has 0 saturated carbocycles. The van der Waals surface area contributed by atoms with E-state index in [-0.39, 0.29) is 5.91 Å². The second kappa shape index (κ2) is 6.26. The van der Waals surface area contributed by atoms with Crippen LogP contribution in [-0.2, 0) is 11.3 Å². The fourth-order valence-electron chi connectivity index (χ4n) is 2.57. The minimum atomic E-state index is -0.194. The number of nitrogen functional groups attached to an aromatic ring is 1. The Morgan fingerprint density at radius 1 is 1.37 bits per heavy atom. The van der Waals surface area contributed by atoms with Gasteiger partial charge in [-0.15, -0.1) is 0 Å². The smallest absolute Gasteiger partial charge is 0.217 e. The third kappa shape index (κ3) is 4.11. The standard InChI is InChI=1S/C14H20ClN3O/c15-13-8-12(16)2-1-11(13)9-18-5-3-10(4-6-18)7-14(17)19/h1-2,8,10H,3-7,9,16H2,(H2,17,19). The highest BCUT2D eigenvalue weighted by atomic mass is 35.5. The number of nitrogens with zero attached hydrogens (tertiary/aromatic N) is 1. The van der Waals surface area contributed by atoms with Crippen LogP contribution in [0.1, 0.15) is 24.8 Å². The highest BCUT2D eigenvalue weighted by molar-refractivity contribution is 6.31. The van der Waals surface area contributed by atoms with Crippen molar-refractivity contribution in [3.8, 4) is 0 Å². The van der Waals surface area contributed by atoms with E-state index in [0.29, 0.717) is 18.0 Å². The number of benzene rings is 1. The average molecular weight is 282 g/mol. The molecule has 1 aromatic rings. The number of carbonyl (C=O) groups is 1. The second-order valence-electron chi connectivity index (χ2n) is 5.24. The first kappa shape index (κ1) is 14.2. The van der Waals surface area contributed by atoms with E-state index in [1.807, 2.05) is 12.1 Å². The Balaban J connectivity index is 1.87. The molecule has 4 N–H and O–H groups in total. The zero-order chi connectivity index (χ0) is 13.8. The number of amides is 1. The molecule has 1 saturated heterocycles. The summed E-state index contributed by atoms with van der Waals surface area (Å²) in [7, 11) is 0. The minimum Gasteiger partial charge on any atom is -0.399 e. The molecule has 1 heterocycles. The van der Waals surface area contributed by atoms with E-state index in [1.54, 1.807) is 6.07 Å². The summed E-state index contributed by atoms with van der Waals surface area (Å²) in [6, 6.07) is 5.64. The van der Waals surface area contributed by atoms with Crippen molar-refractivity contribution in [2.24, 2.45) is 11.7 Å². The maximum atomic E-state index is 10.9. The van der Waals surface area contributed by atoms with E-state index in [1.165, 1.54) is 0 Å². The van der Waals surface area contributed by atoms with E-state index in [0.717, 1.165) is 43.1 Å². The Bertz CT molecular complexity index is 456. The molecule has 0 bridgehead atoms. The van der Waals surface area contributed by atoms with Gasteiger partial charge >= 0.3 is 0 Å². The van der Waals surface area contributed by atoms with Gasteiger partial charge in [-0.25, -0.2) is 0 Å². The van der Waals surface area contributed by atoms with Crippen molar-refractivity contribution >= 4 is 23.2 Å². The largest absolute Gasteiger partial charge is 0.399 e. The van der Waals surface area contributed by atoms with Crippen molar-refractivity contribution in [2.45, 2.75) is 25.8 Å². The number of hydrogen-bond donors (Lipinski definition) is 2. The van der Waals surface area contributed by atoms with Crippen LogP contribution >= 0.6 is 11.6 Å². The summed E-state index contributed by atoms with van der Waals surface area (Å²) in [4.78, 5) is 13.3. The lowest BCUT2D eigenvalue weighted by molar-refractivity contribution is -0.119. The van der Waals surface area contributed by atoms with Crippen LogP contribution in [0.5, 0.6) is 0 Å². The second-order valence-corrected chi connectivity index (χ2v) is 5.65. The third-order valence-electron chi connectivity index (χ3n) is 3.67. The fourth-order valence-corrected chi connectivity index (χ4v) is 2.81. The number of hydrogen-bond acceptors (Lipinski definition) is 3. The van der Waals surface area contributed by atoms with Crippen LogP contribution < -0.4 is 11.5 Å². The quantitative estimate of drug-likeness (QED) is 0.829. The number of primary amides is 1. The van der Waals surface area contributed by atoms with Gasteiger partial charge in [-0.3, -0.25) is 9.69 Å². The Morgan fingerprint density at radius 2 is 2.05 bits per heavy atom. The highest BCUT2D eigenvalue weighted by Gasteiger charge is 2.21. The number of carbonyl (C=O) groups excluding carboxylic acids is 1. The summed E-state index contributed by atoms with van der Waals surface area (Å²) < 4.78 is 0. The molecule has 0 radical (unpaired) electrons. The molecule has 1 aliphatic rings. The van der Waals surface area contributed by atoms with Crippen LogP contribution in [-0.4, -0.2) is 23.9 Å². The van der Waals surface area contributed by atoms with Crippen LogP contribution in [0.3, 0.4) is 0 Å². The van der Waals surface area contributed by atoms with Crippen LogP contribution in [0.25, 0.3) is 0 Å². The molecule has 1 aromatic carbocycles. The van der Waals surface area contributed by atoms with Crippen molar-refractivity contribution in [1.29, 1.82) is 0 Å². The molecule has 0 spiro atoms. The molecule has 4 nitrogen and oxygen atoms in total. The predicted octanol–water partition coefficient (Wildman–Crippen LogP) is 2.01. The number of piperidine rings is 1. The lowest BCUT2D eigenvalue weighted by Crippen LogP contribution is -2.34. The summed E-state index contributed by atoms with van der Waals surface area (Å²) in [6.07, 6.45) is 2.56. The van der Waals surface area contributed by atoms with Crippen molar-refractivity contribution in [1.82, 2.24) is 4.90 Å². The average Bonchev–Trinajstić information content (AvgIpc) is 2.34. The number of anilines is 1. The zero-order valence-electron chi connectivity index (χ0n) is 10.9. The lowest BCUT2D eigenvalue weighted by atomic mass is 9.93. The normalized spacial score (nSPS) is 17.5. The van der Waals surface area contributed by atoms with Crippen LogP contribution in [0, 0.1) is 5.92 Å². The van der Waals surface area contributed by atoms with Gasteiger partial charge in [-0.1, -0.05) is 17.7 Å². The Labute approximate surface area is 118 Å². The molecular weight excluding hydrogens is 262 g/mol. The molecule has 0 unspecified atom stereocenters. The van der Waals surface area contributed by atoms with E-state index in [4.69, 9.17) is 23.1 Å². The number of likely N-dealkylation sites (tertiary alicyclic amines) is 1. The Morgan fingerprint density at radius 3 is 2.63 bits per heavy atom. The Kier molecular flexibility index (Phi) is 4.66. The first-order chi connectivity index (χ1) is 9.04. The highest BCUT2D eigenvalue weighted by Crippen LogP contribution is 2.25. The molecule has 2 rings (SSSR count). The summed E-state index contributed by atoms with van der Waals surface area (Å²) in [5, 5.41) is 0.722. The van der Waals surface area contributed by atoms with Crippen LogP contribution in [0.4, 0.5) is 5.69 Å². The van der Waals surface area contributed by atoms with E-state index >= 15 is 0 Å². The Hall–Kier alpha value is -1.26. The monoisotopic (exact) mass is 281 g/mol. The minimum absolute atomic E-state index is 0.194. The van der Waals surface area contributed by atoms with Gasteiger partial charge in [0, 0.05) is 23.7 Å². The van der Waals surface area contributed by atoms with Gasteiger partial charge in [0.1, 0.15) is 0 Å². The van der Waals surface area contributed by atoms with E-state index in [9.17, 15) is 4.79 Å². The maximum absolute atomic E-state index is 10.9. The number of rotatable bonds is 4. The molecule has 1 amide bonds. The summed E-state index contributed by atoms with van der Waals surface area (Å²) >= 11 is 6.18.